The molecule has 190 valence electrons. The van der Waals surface area contributed by atoms with Gasteiger partial charge in [-0.2, -0.15) is 0 Å². The lowest BCUT2D eigenvalue weighted by atomic mass is 10.1. The number of carbonyl (C=O) groups is 3. The maximum atomic E-state index is 12.6. The summed E-state index contributed by atoms with van der Waals surface area (Å²) in [6.45, 7) is 6.05. The summed E-state index contributed by atoms with van der Waals surface area (Å²) in [7, 11) is 0. The van der Waals surface area contributed by atoms with E-state index in [2.05, 4.69) is 20.9 Å². The first-order valence-corrected chi connectivity index (χ1v) is 11.8. The zero-order valence-corrected chi connectivity index (χ0v) is 20.7. The third kappa shape index (κ3) is 7.97. The number of hydrogen-bond donors (Lipinski definition) is 4. The van der Waals surface area contributed by atoms with Crippen LogP contribution in [0.2, 0.25) is 0 Å². The number of aliphatic carboxylic acids is 1. The van der Waals surface area contributed by atoms with E-state index in [9.17, 15) is 19.5 Å². The molecule has 0 radical (unpaired) electrons. The standard InChI is InChI=1S/C27H32N4O5/c1-27(2,3)36-26(35)29-16-6-10-22(25(33)34)31-24(32)20-13-11-18(12-14-20)17-30-21-9-4-7-19-8-5-15-28-23(19)21/h4-5,7-9,11-15,22,30H,6,10,16-17H2,1-3H3,(H,29,35)(H,31,32)(H,33,34)/t22-/m0/s1. The number of pyridine rings is 1. The second kappa shape index (κ2) is 12.0. The van der Waals surface area contributed by atoms with E-state index in [4.69, 9.17) is 4.74 Å². The Morgan fingerprint density at radius 2 is 1.75 bits per heavy atom. The Bertz CT molecular complexity index is 1200. The predicted octanol–water partition coefficient (Wildman–Crippen LogP) is 4.33. The van der Waals surface area contributed by atoms with E-state index in [0.29, 0.717) is 18.5 Å². The summed E-state index contributed by atoms with van der Waals surface area (Å²) in [5.74, 6) is -1.61. The van der Waals surface area contributed by atoms with Gasteiger partial charge in [-0.3, -0.25) is 9.78 Å². The number of hydrogen-bond acceptors (Lipinski definition) is 6. The molecular weight excluding hydrogens is 460 g/mol. The summed E-state index contributed by atoms with van der Waals surface area (Å²) >= 11 is 0. The molecule has 36 heavy (non-hydrogen) atoms. The van der Waals surface area contributed by atoms with Crippen molar-refractivity contribution in [2.75, 3.05) is 11.9 Å². The van der Waals surface area contributed by atoms with E-state index in [0.717, 1.165) is 22.2 Å². The molecule has 0 fully saturated rings. The average Bonchev–Trinajstić information content (AvgIpc) is 2.83. The molecule has 0 aliphatic rings. The topological polar surface area (TPSA) is 130 Å². The van der Waals surface area contributed by atoms with Crippen LogP contribution in [0.3, 0.4) is 0 Å². The number of fused-ring (bicyclic) bond motifs is 1. The van der Waals surface area contributed by atoms with Crippen LogP contribution >= 0.6 is 0 Å². The molecule has 1 aromatic heterocycles. The van der Waals surface area contributed by atoms with Gasteiger partial charge in [-0.25, -0.2) is 9.59 Å². The summed E-state index contributed by atoms with van der Waals surface area (Å²) in [6.07, 6.45) is 1.72. The van der Waals surface area contributed by atoms with Crippen molar-refractivity contribution in [1.82, 2.24) is 15.6 Å². The molecule has 0 aliphatic heterocycles. The van der Waals surface area contributed by atoms with Crippen LogP contribution in [0.5, 0.6) is 0 Å². The molecular formula is C27H32N4O5. The van der Waals surface area contributed by atoms with Crippen molar-refractivity contribution in [3.05, 3.63) is 71.9 Å². The van der Waals surface area contributed by atoms with Crippen LogP contribution < -0.4 is 16.0 Å². The maximum Gasteiger partial charge on any atom is 0.407 e. The number of rotatable bonds is 10. The third-order valence-corrected chi connectivity index (χ3v) is 5.27. The molecule has 9 nitrogen and oxygen atoms in total. The van der Waals surface area contributed by atoms with Crippen LogP contribution in [0.1, 0.15) is 49.5 Å². The molecule has 1 heterocycles. The maximum absolute atomic E-state index is 12.6. The van der Waals surface area contributed by atoms with Crippen LogP contribution in [0.25, 0.3) is 10.9 Å². The highest BCUT2D eigenvalue weighted by Gasteiger charge is 2.21. The fourth-order valence-electron chi connectivity index (χ4n) is 3.53. The lowest BCUT2D eigenvalue weighted by Gasteiger charge is -2.20. The molecule has 0 aliphatic carbocycles. The van der Waals surface area contributed by atoms with E-state index in [-0.39, 0.29) is 13.0 Å². The number of nitrogens with one attached hydrogen (secondary N) is 3. The summed E-state index contributed by atoms with van der Waals surface area (Å²) in [5.41, 5.74) is 2.52. The SMILES string of the molecule is CC(C)(C)OC(=O)NCCC[C@H](NC(=O)c1ccc(CNc2cccc3cccnc23)cc1)C(=O)O. The molecule has 2 amide bonds. The molecule has 1 atom stereocenters. The third-order valence-electron chi connectivity index (χ3n) is 5.27. The van der Waals surface area contributed by atoms with Crippen molar-refractivity contribution in [1.29, 1.82) is 0 Å². The van der Waals surface area contributed by atoms with Crippen LogP contribution in [0, 0.1) is 0 Å². The van der Waals surface area contributed by atoms with Gasteiger partial charge >= 0.3 is 12.1 Å². The molecule has 4 N–H and O–H groups in total. The number of carboxylic acids is 1. The number of anilines is 1. The average molecular weight is 493 g/mol. The van der Waals surface area contributed by atoms with E-state index in [1.165, 1.54) is 0 Å². The molecule has 0 bridgehead atoms. The van der Waals surface area contributed by atoms with Crippen molar-refractivity contribution in [3.63, 3.8) is 0 Å². The predicted molar refractivity (Wildman–Crippen MR) is 138 cm³/mol. The highest BCUT2D eigenvalue weighted by atomic mass is 16.6. The second-order valence-corrected chi connectivity index (χ2v) is 9.37. The van der Waals surface area contributed by atoms with E-state index in [1.54, 1.807) is 39.1 Å². The normalized spacial score (nSPS) is 12.0. The fourth-order valence-corrected chi connectivity index (χ4v) is 3.53. The highest BCUT2D eigenvalue weighted by Crippen LogP contribution is 2.21. The molecule has 9 heteroatoms. The van der Waals surface area contributed by atoms with Crippen molar-refractivity contribution in [3.8, 4) is 0 Å². The van der Waals surface area contributed by atoms with E-state index >= 15 is 0 Å². The van der Waals surface area contributed by atoms with E-state index in [1.807, 2.05) is 42.5 Å². The first-order valence-electron chi connectivity index (χ1n) is 11.8. The first-order chi connectivity index (χ1) is 17.1. The number of ether oxygens (including phenoxy) is 1. The van der Waals surface area contributed by atoms with Crippen LogP contribution in [-0.4, -0.2) is 46.2 Å². The van der Waals surface area contributed by atoms with Crippen LogP contribution in [0.15, 0.2) is 60.8 Å². The Morgan fingerprint density at radius 1 is 1.03 bits per heavy atom. The molecule has 0 saturated heterocycles. The van der Waals surface area contributed by atoms with Gasteiger partial charge in [-0.05, 0) is 63.4 Å². The minimum absolute atomic E-state index is 0.165. The zero-order chi connectivity index (χ0) is 26.1. The van der Waals surface area contributed by atoms with Crippen molar-refractivity contribution in [2.45, 2.75) is 51.8 Å². The zero-order valence-electron chi connectivity index (χ0n) is 20.7. The molecule has 3 aromatic rings. The Labute approximate surface area is 210 Å². The number of aromatic nitrogens is 1. The lowest BCUT2D eigenvalue weighted by Crippen LogP contribution is -2.41. The Balaban J connectivity index is 1.49. The molecule has 2 aromatic carbocycles. The number of carbonyl (C=O) groups excluding carboxylic acids is 2. The number of carboxylic acid groups (broad SMARTS) is 1. The lowest BCUT2D eigenvalue weighted by molar-refractivity contribution is -0.139. The fraction of sp³-hybridized carbons (Fsp3) is 0.333. The summed E-state index contributed by atoms with van der Waals surface area (Å²) < 4.78 is 5.14. The van der Waals surface area contributed by atoms with Gasteiger partial charge in [-0.1, -0.05) is 30.3 Å². The Hall–Kier alpha value is -4.14. The van der Waals surface area contributed by atoms with Crippen molar-refractivity contribution < 1.29 is 24.2 Å². The van der Waals surface area contributed by atoms with Crippen LogP contribution in [-0.2, 0) is 16.1 Å². The quantitative estimate of drug-likeness (QED) is 0.310. The smallest absolute Gasteiger partial charge is 0.407 e. The van der Waals surface area contributed by atoms with Crippen molar-refractivity contribution >= 4 is 34.6 Å². The number of nitrogens with zero attached hydrogens (tertiary/aromatic N) is 1. The van der Waals surface area contributed by atoms with E-state index < -0.39 is 29.6 Å². The monoisotopic (exact) mass is 492 g/mol. The number of amides is 2. The van der Waals surface area contributed by atoms with Gasteiger partial charge in [0.1, 0.15) is 11.6 Å². The van der Waals surface area contributed by atoms with Crippen LogP contribution in [0.4, 0.5) is 10.5 Å². The summed E-state index contributed by atoms with van der Waals surface area (Å²) in [6, 6.07) is 15.7. The summed E-state index contributed by atoms with van der Waals surface area (Å²) in [4.78, 5) is 40.3. The van der Waals surface area contributed by atoms with Gasteiger partial charge in [0.2, 0.25) is 0 Å². The number of alkyl carbamates (subject to hydrolysis) is 1. The molecule has 3 rings (SSSR count). The van der Waals surface area contributed by atoms with Crippen molar-refractivity contribution in [2.24, 2.45) is 0 Å². The molecule has 0 unspecified atom stereocenters. The van der Waals surface area contributed by atoms with Gasteiger partial charge in [0.25, 0.3) is 5.91 Å². The second-order valence-electron chi connectivity index (χ2n) is 9.37. The largest absolute Gasteiger partial charge is 0.480 e. The Morgan fingerprint density at radius 3 is 2.44 bits per heavy atom. The van der Waals surface area contributed by atoms with Gasteiger partial charge in [0.05, 0.1) is 11.2 Å². The Kier molecular flexibility index (Phi) is 8.83. The highest BCUT2D eigenvalue weighted by molar-refractivity contribution is 5.96. The van der Waals surface area contributed by atoms with Gasteiger partial charge in [0.15, 0.2) is 0 Å². The molecule has 0 spiro atoms. The molecule has 0 saturated carbocycles. The van der Waals surface area contributed by atoms with Gasteiger partial charge in [0, 0.05) is 30.2 Å². The first kappa shape index (κ1) is 26.5. The van der Waals surface area contributed by atoms with Gasteiger partial charge in [-0.15, -0.1) is 0 Å². The minimum Gasteiger partial charge on any atom is -0.480 e. The number of benzene rings is 2. The minimum atomic E-state index is -1.13. The summed E-state index contributed by atoms with van der Waals surface area (Å²) in [5, 5.41) is 19.0. The van der Waals surface area contributed by atoms with Gasteiger partial charge < -0.3 is 25.8 Å². The number of para-hydroxylation sites is 1.